The van der Waals surface area contributed by atoms with Crippen LogP contribution in [0.15, 0.2) is 48.5 Å². The zero-order valence-corrected chi connectivity index (χ0v) is 17.3. The third kappa shape index (κ3) is 5.36. The first kappa shape index (κ1) is 21.8. The second-order valence-electron chi connectivity index (χ2n) is 7.79. The topological polar surface area (TPSA) is 72.9 Å². The standard InChI is InChI=1S/C23H28FN3O3/c1-16(17-7-9-19(24)10-8-17)26(2)22(29)15-27-13-11-18(12-14-27)23(30)25-20-5-3-4-6-21(20)28/h3-10,16,18,28H,11-15H2,1-2H3,(H,25,30)/t16-/m1/s1. The average Bonchev–Trinajstić information content (AvgIpc) is 2.75. The summed E-state index contributed by atoms with van der Waals surface area (Å²) >= 11 is 0. The van der Waals surface area contributed by atoms with E-state index in [0.29, 0.717) is 31.6 Å². The van der Waals surface area contributed by atoms with Crippen molar-refractivity contribution in [1.82, 2.24) is 9.80 Å². The number of halogens is 1. The van der Waals surface area contributed by atoms with Gasteiger partial charge in [0.2, 0.25) is 11.8 Å². The Kier molecular flexibility index (Phi) is 7.05. The van der Waals surface area contributed by atoms with Gasteiger partial charge in [-0.25, -0.2) is 4.39 Å². The number of hydrogen-bond donors (Lipinski definition) is 2. The Morgan fingerprint density at radius 2 is 1.80 bits per heavy atom. The van der Waals surface area contributed by atoms with Gasteiger partial charge in [0.05, 0.1) is 18.3 Å². The molecule has 1 heterocycles. The SMILES string of the molecule is C[C@H](c1ccc(F)cc1)N(C)C(=O)CN1CCC(C(=O)Nc2ccccc2O)CC1. The fourth-order valence-corrected chi connectivity index (χ4v) is 3.65. The largest absolute Gasteiger partial charge is 0.506 e. The Hall–Kier alpha value is -2.93. The molecule has 2 aromatic carbocycles. The van der Waals surface area contributed by atoms with Gasteiger partial charge in [-0.1, -0.05) is 24.3 Å². The van der Waals surface area contributed by atoms with Crippen LogP contribution in [-0.4, -0.2) is 53.4 Å². The predicted octanol–water partition coefficient (Wildman–Crippen LogP) is 3.40. The summed E-state index contributed by atoms with van der Waals surface area (Å²) in [7, 11) is 1.75. The molecular formula is C23H28FN3O3. The zero-order chi connectivity index (χ0) is 21.7. The number of hydrogen-bond acceptors (Lipinski definition) is 4. The van der Waals surface area contributed by atoms with Crippen LogP contribution in [0.3, 0.4) is 0 Å². The average molecular weight is 413 g/mol. The van der Waals surface area contributed by atoms with Crippen molar-refractivity contribution < 1.29 is 19.1 Å². The molecule has 1 saturated heterocycles. The normalized spacial score (nSPS) is 16.1. The molecule has 1 atom stereocenters. The molecule has 2 amide bonds. The summed E-state index contributed by atoms with van der Waals surface area (Å²) in [6.07, 6.45) is 1.31. The molecule has 1 fully saturated rings. The number of likely N-dealkylation sites (N-methyl/N-ethyl adjacent to an activating group) is 1. The van der Waals surface area contributed by atoms with Crippen LogP contribution >= 0.6 is 0 Å². The minimum Gasteiger partial charge on any atom is -0.506 e. The highest BCUT2D eigenvalue weighted by Gasteiger charge is 2.27. The van der Waals surface area contributed by atoms with Crippen molar-refractivity contribution in [2.24, 2.45) is 5.92 Å². The van der Waals surface area contributed by atoms with Crippen LogP contribution in [0.2, 0.25) is 0 Å². The number of phenolic OH excluding ortho intramolecular Hbond substituents is 1. The first-order valence-corrected chi connectivity index (χ1v) is 10.2. The van der Waals surface area contributed by atoms with Crippen LogP contribution in [0.4, 0.5) is 10.1 Å². The molecule has 0 unspecified atom stereocenters. The molecule has 6 nitrogen and oxygen atoms in total. The van der Waals surface area contributed by atoms with Crippen molar-refractivity contribution >= 4 is 17.5 Å². The lowest BCUT2D eigenvalue weighted by Crippen LogP contribution is -2.44. The summed E-state index contributed by atoms with van der Waals surface area (Å²) in [4.78, 5) is 28.9. The van der Waals surface area contributed by atoms with Gasteiger partial charge >= 0.3 is 0 Å². The molecule has 0 bridgehead atoms. The Labute approximate surface area is 176 Å². The summed E-state index contributed by atoms with van der Waals surface area (Å²) in [5.41, 5.74) is 1.29. The van der Waals surface area contributed by atoms with E-state index in [9.17, 15) is 19.1 Å². The molecule has 1 aliphatic rings. The van der Waals surface area contributed by atoms with Crippen LogP contribution in [0, 0.1) is 11.7 Å². The number of rotatable bonds is 6. The van der Waals surface area contributed by atoms with Crippen LogP contribution in [0.25, 0.3) is 0 Å². The van der Waals surface area contributed by atoms with Crippen molar-refractivity contribution in [3.8, 4) is 5.75 Å². The molecule has 0 aromatic heterocycles. The smallest absolute Gasteiger partial charge is 0.236 e. The molecule has 3 rings (SSSR count). The summed E-state index contributed by atoms with van der Waals surface area (Å²) in [6.45, 7) is 3.52. The minimum atomic E-state index is -0.297. The fraction of sp³-hybridized carbons (Fsp3) is 0.391. The summed E-state index contributed by atoms with van der Waals surface area (Å²) in [6, 6.07) is 12.7. The molecule has 2 aromatic rings. The van der Waals surface area contributed by atoms with E-state index < -0.39 is 0 Å². The van der Waals surface area contributed by atoms with Gasteiger partial charge in [0.15, 0.2) is 0 Å². The molecule has 1 aliphatic heterocycles. The molecule has 7 heteroatoms. The molecule has 0 radical (unpaired) electrons. The van der Waals surface area contributed by atoms with Crippen molar-refractivity contribution in [3.05, 3.63) is 59.9 Å². The number of benzene rings is 2. The summed E-state index contributed by atoms with van der Waals surface area (Å²) in [5, 5.41) is 12.6. The van der Waals surface area contributed by atoms with Gasteiger partial charge in [-0.3, -0.25) is 14.5 Å². The highest BCUT2D eigenvalue weighted by molar-refractivity contribution is 5.93. The van der Waals surface area contributed by atoms with Crippen LogP contribution < -0.4 is 5.32 Å². The van der Waals surface area contributed by atoms with E-state index in [2.05, 4.69) is 10.2 Å². The van der Waals surface area contributed by atoms with Crippen molar-refractivity contribution in [2.45, 2.75) is 25.8 Å². The zero-order valence-electron chi connectivity index (χ0n) is 17.3. The van der Waals surface area contributed by atoms with Crippen molar-refractivity contribution in [2.75, 3.05) is 32.0 Å². The number of phenols is 1. The van der Waals surface area contributed by atoms with E-state index in [1.807, 2.05) is 6.92 Å². The van der Waals surface area contributed by atoms with E-state index in [4.69, 9.17) is 0 Å². The highest BCUT2D eigenvalue weighted by Crippen LogP contribution is 2.25. The van der Waals surface area contributed by atoms with Crippen LogP contribution in [0.5, 0.6) is 5.75 Å². The molecule has 0 aliphatic carbocycles. The van der Waals surface area contributed by atoms with Crippen LogP contribution in [-0.2, 0) is 9.59 Å². The Morgan fingerprint density at radius 3 is 2.43 bits per heavy atom. The third-order valence-corrected chi connectivity index (χ3v) is 5.81. The van der Waals surface area contributed by atoms with Gasteiger partial charge in [0, 0.05) is 13.0 Å². The lowest BCUT2D eigenvalue weighted by atomic mass is 9.95. The summed E-state index contributed by atoms with van der Waals surface area (Å²) < 4.78 is 13.1. The maximum absolute atomic E-state index is 13.1. The lowest BCUT2D eigenvalue weighted by molar-refractivity contribution is -0.133. The molecule has 30 heavy (non-hydrogen) atoms. The molecule has 0 spiro atoms. The van der Waals surface area contributed by atoms with Gasteiger partial charge in [-0.15, -0.1) is 0 Å². The molecule has 0 saturated carbocycles. The van der Waals surface area contributed by atoms with Gasteiger partial charge in [0.25, 0.3) is 0 Å². The van der Waals surface area contributed by atoms with Gasteiger partial charge < -0.3 is 15.3 Å². The quantitative estimate of drug-likeness (QED) is 0.712. The van der Waals surface area contributed by atoms with Crippen LogP contribution in [0.1, 0.15) is 31.4 Å². The van der Waals surface area contributed by atoms with Gasteiger partial charge in [0.1, 0.15) is 11.6 Å². The minimum absolute atomic E-state index is 0.0102. The van der Waals surface area contributed by atoms with Gasteiger partial charge in [-0.05, 0) is 62.7 Å². The number of aromatic hydroxyl groups is 1. The number of likely N-dealkylation sites (tertiary alicyclic amines) is 1. The maximum atomic E-state index is 13.1. The predicted molar refractivity (Wildman–Crippen MR) is 113 cm³/mol. The number of carbonyl (C=O) groups excluding carboxylic acids is 2. The van der Waals surface area contributed by atoms with E-state index in [-0.39, 0.29) is 41.9 Å². The number of anilines is 1. The number of nitrogens with one attached hydrogen (secondary N) is 1. The highest BCUT2D eigenvalue weighted by atomic mass is 19.1. The van der Waals surface area contributed by atoms with Gasteiger partial charge in [-0.2, -0.15) is 0 Å². The van der Waals surface area contributed by atoms with Crippen molar-refractivity contribution in [1.29, 1.82) is 0 Å². The molecule has 160 valence electrons. The first-order valence-electron chi connectivity index (χ1n) is 10.2. The molecule has 2 N–H and O–H groups in total. The van der Waals surface area contributed by atoms with E-state index >= 15 is 0 Å². The second-order valence-corrected chi connectivity index (χ2v) is 7.79. The fourth-order valence-electron chi connectivity index (χ4n) is 3.65. The lowest BCUT2D eigenvalue weighted by Gasteiger charge is -2.33. The maximum Gasteiger partial charge on any atom is 0.236 e. The number of carbonyl (C=O) groups is 2. The number of nitrogens with zero attached hydrogens (tertiary/aromatic N) is 2. The van der Waals surface area contributed by atoms with E-state index in [1.165, 1.54) is 18.2 Å². The van der Waals surface area contributed by atoms with E-state index in [1.54, 1.807) is 42.3 Å². The Balaban J connectivity index is 1.47. The first-order chi connectivity index (χ1) is 14.3. The summed E-state index contributed by atoms with van der Waals surface area (Å²) in [5.74, 6) is -0.512. The number of piperidine rings is 1. The Morgan fingerprint density at radius 1 is 1.17 bits per heavy atom. The second kappa shape index (κ2) is 9.71. The molecular weight excluding hydrogens is 385 g/mol. The third-order valence-electron chi connectivity index (χ3n) is 5.81. The Bertz CT molecular complexity index is 880. The van der Waals surface area contributed by atoms with Crippen molar-refractivity contribution in [3.63, 3.8) is 0 Å². The monoisotopic (exact) mass is 413 g/mol. The number of para-hydroxylation sites is 2. The number of amides is 2. The van der Waals surface area contributed by atoms with E-state index in [0.717, 1.165) is 5.56 Å².